The zero-order valence-corrected chi connectivity index (χ0v) is 13.8. The van der Waals surface area contributed by atoms with Gasteiger partial charge in [0.1, 0.15) is 10.8 Å². The quantitative estimate of drug-likeness (QED) is 0.748. The standard InChI is InChI=1S/C15H19FN2OS2/c1-3-17-8-14-12(9-19-2)18-15(21-14)10-20-13-7-5-4-6-11(13)16/h4-7,17H,3,8-10H2,1-2H3. The summed E-state index contributed by atoms with van der Waals surface area (Å²) in [4.78, 5) is 6.47. The molecule has 0 radical (unpaired) electrons. The van der Waals surface area contributed by atoms with E-state index in [2.05, 4.69) is 17.2 Å². The number of benzene rings is 1. The van der Waals surface area contributed by atoms with Crippen LogP contribution in [0.5, 0.6) is 0 Å². The van der Waals surface area contributed by atoms with Gasteiger partial charge in [0.15, 0.2) is 0 Å². The van der Waals surface area contributed by atoms with Gasteiger partial charge in [-0.05, 0) is 18.7 Å². The highest BCUT2D eigenvalue weighted by Gasteiger charge is 2.11. The largest absolute Gasteiger partial charge is 0.378 e. The molecule has 0 saturated heterocycles. The molecule has 114 valence electrons. The first kappa shape index (κ1) is 16.4. The lowest BCUT2D eigenvalue weighted by molar-refractivity contribution is 0.181. The highest BCUT2D eigenvalue weighted by atomic mass is 32.2. The van der Waals surface area contributed by atoms with E-state index in [1.54, 1.807) is 30.6 Å². The summed E-state index contributed by atoms with van der Waals surface area (Å²) in [7, 11) is 1.67. The van der Waals surface area contributed by atoms with E-state index in [0.29, 0.717) is 17.3 Å². The fourth-order valence-electron chi connectivity index (χ4n) is 1.83. The van der Waals surface area contributed by atoms with E-state index < -0.39 is 0 Å². The van der Waals surface area contributed by atoms with Crippen molar-refractivity contribution in [1.82, 2.24) is 10.3 Å². The summed E-state index contributed by atoms with van der Waals surface area (Å²) in [6.07, 6.45) is 0. The Hall–Kier alpha value is -0.950. The Morgan fingerprint density at radius 3 is 2.90 bits per heavy atom. The summed E-state index contributed by atoms with van der Waals surface area (Å²) in [5.41, 5.74) is 0.979. The van der Waals surface area contributed by atoms with Crippen molar-refractivity contribution < 1.29 is 9.13 Å². The lowest BCUT2D eigenvalue weighted by Crippen LogP contribution is -2.12. The normalized spacial score (nSPS) is 11.0. The van der Waals surface area contributed by atoms with Crippen LogP contribution in [-0.4, -0.2) is 18.6 Å². The Morgan fingerprint density at radius 2 is 2.19 bits per heavy atom. The van der Waals surface area contributed by atoms with Crippen molar-refractivity contribution in [2.45, 2.75) is 30.7 Å². The van der Waals surface area contributed by atoms with Crippen LogP contribution in [-0.2, 0) is 23.6 Å². The molecule has 0 aliphatic heterocycles. The third-order valence-electron chi connectivity index (χ3n) is 2.83. The molecule has 3 nitrogen and oxygen atoms in total. The predicted octanol–water partition coefficient (Wildman–Crippen LogP) is 3.83. The topological polar surface area (TPSA) is 34.2 Å². The summed E-state index contributed by atoms with van der Waals surface area (Å²) in [5, 5.41) is 4.31. The van der Waals surface area contributed by atoms with Gasteiger partial charge in [-0.1, -0.05) is 19.1 Å². The molecule has 1 N–H and O–H groups in total. The van der Waals surface area contributed by atoms with Crippen molar-refractivity contribution in [3.05, 3.63) is 45.7 Å². The van der Waals surface area contributed by atoms with E-state index in [1.807, 2.05) is 6.07 Å². The molecular formula is C15H19FN2OS2. The highest BCUT2D eigenvalue weighted by molar-refractivity contribution is 7.98. The van der Waals surface area contributed by atoms with Crippen molar-refractivity contribution >= 4 is 23.1 Å². The molecule has 0 aliphatic rings. The van der Waals surface area contributed by atoms with Crippen molar-refractivity contribution in [2.24, 2.45) is 0 Å². The van der Waals surface area contributed by atoms with Crippen LogP contribution in [0.4, 0.5) is 4.39 Å². The van der Waals surface area contributed by atoms with Gasteiger partial charge in [-0.3, -0.25) is 0 Å². The van der Waals surface area contributed by atoms with Crippen molar-refractivity contribution in [3.8, 4) is 0 Å². The van der Waals surface area contributed by atoms with E-state index in [-0.39, 0.29) is 5.82 Å². The highest BCUT2D eigenvalue weighted by Crippen LogP contribution is 2.28. The summed E-state index contributed by atoms with van der Waals surface area (Å²) in [5.74, 6) is 0.498. The number of nitrogens with zero attached hydrogens (tertiary/aromatic N) is 1. The van der Waals surface area contributed by atoms with Crippen molar-refractivity contribution in [2.75, 3.05) is 13.7 Å². The number of halogens is 1. The van der Waals surface area contributed by atoms with Gasteiger partial charge in [-0.2, -0.15) is 0 Å². The molecule has 0 amide bonds. The van der Waals surface area contributed by atoms with Crippen LogP contribution in [0.3, 0.4) is 0 Å². The minimum absolute atomic E-state index is 0.177. The van der Waals surface area contributed by atoms with Gasteiger partial charge in [0, 0.05) is 23.4 Å². The van der Waals surface area contributed by atoms with Gasteiger partial charge in [-0.15, -0.1) is 23.1 Å². The monoisotopic (exact) mass is 326 g/mol. The van der Waals surface area contributed by atoms with Crippen LogP contribution < -0.4 is 5.32 Å². The maximum Gasteiger partial charge on any atom is 0.136 e. The van der Waals surface area contributed by atoms with Crippen LogP contribution in [0.25, 0.3) is 0 Å². The Bertz CT molecular complexity index is 575. The van der Waals surface area contributed by atoms with E-state index >= 15 is 0 Å². The fraction of sp³-hybridized carbons (Fsp3) is 0.400. The fourth-order valence-corrected chi connectivity index (χ4v) is 3.80. The number of ether oxygens (including phenoxy) is 1. The van der Waals surface area contributed by atoms with Crippen LogP contribution in [0.15, 0.2) is 29.2 Å². The molecule has 0 aliphatic carbocycles. The Balaban J connectivity index is 2.04. The minimum Gasteiger partial charge on any atom is -0.378 e. The molecule has 1 aromatic heterocycles. The first-order valence-electron chi connectivity index (χ1n) is 6.79. The molecule has 0 unspecified atom stereocenters. The Labute approximate surface area is 132 Å². The molecule has 21 heavy (non-hydrogen) atoms. The molecule has 0 fully saturated rings. The second-order valence-electron chi connectivity index (χ2n) is 4.41. The molecule has 0 spiro atoms. The summed E-state index contributed by atoms with van der Waals surface area (Å²) >= 11 is 3.14. The van der Waals surface area contributed by atoms with Gasteiger partial charge in [0.25, 0.3) is 0 Å². The average Bonchev–Trinajstić information content (AvgIpc) is 2.87. The minimum atomic E-state index is -0.177. The summed E-state index contributed by atoms with van der Waals surface area (Å²) < 4.78 is 18.8. The number of aromatic nitrogens is 1. The lowest BCUT2D eigenvalue weighted by atomic mass is 10.3. The summed E-state index contributed by atoms with van der Waals surface area (Å²) in [6.45, 7) is 4.31. The predicted molar refractivity (Wildman–Crippen MR) is 86.2 cm³/mol. The lowest BCUT2D eigenvalue weighted by Gasteiger charge is -2.00. The molecule has 0 saturated carbocycles. The average molecular weight is 326 g/mol. The first-order chi connectivity index (χ1) is 10.2. The van der Waals surface area contributed by atoms with Crippen molar-refractivity contribution in [3.63, 3.8) is 0 Å². The van der Waals surface area contributed by atoms with Crippen LogP contribution in [0.1, 0.15) is 22.5 Å². The molecule has 2 rings (SSSR count). The number of hydrogen-bond donors (Lipinski definition) is 1. The Morgan fingerprint density at radius 1 is 1.38 bits per heavy atom. The molecule has 0 bridgehead atoms. The maximum atomic E-state index is 13.6. The van der Waals surface area contributed by atoms with Crippen LogP contribution in [0, 0.1) is 5.82 Å². The number of thioether (sulfide) groups is 1. The summed E-state index contributed by atoms with van der Waals surface area (Å²) in [6, 6.07) is 6.83. The second kappa shape index (κ2) is 8.48. The molecule has 1 aromatic carbocycles. The first-order valence-corrected chi connectivity index (χ1v) is 8.59. The number of rotatable bonds is 8. The van der Waals surface area contributed by atoms with Gasteiger partial charge < -0.3 is 10.1 Å². The molecule has 1 heterocycles. The van der Waals surface area contributed by atoms with Gasteiger partial charge in [0.05, 0.1) is 18.1 Å². The zero-order chi connectivity index (χ0) is 15.1. The van der Waals surface area contributed by atoms with Crippen molar-refractivity contribution in [1.29, 1.82) is 0 Å². The number of methoxy groups -OCH3 is 1. The SMILES string of the molecule is CCNCc1sc(CSc2ccccc2F)nc1COC. The smallest absolute Gasteiger partial charge is 0.136 e. The van der Waals surface area contributed by atoms with Crippen LogP contribution >= 0.6 is 23.1 Å². The van der Waals surface area contributed by atoms with E-state index in [9.17, 15) is 4.39 Å². The third kappa shape index (κ3) is 4.78. The van der Waals surface area contributed by atoms with Gasteiger partial charge >= 0.3 is 0 Å². The van der Waals surface area contributed by atoms with E-state index in [1.165, 1.54) is 22.7 Å². The molecule has 6 heteroatoms. The number of thiazole rings is 1. The van der Waals surface area contributed by atoms with Gasteiger partial charge in [0.2, 0.25) is 0 Å². The van der Waals surface area contributed by atoms with E-state index in [0.717, 1.165) is 23.8 Å². The number of hydrogen-bond acceptors (Lipinski definition) is 5. The number of nitrogens with one attached hydrogen (secondary N) is 1. The van der Waals surface area contributed by atoms with Gasteiger partial charge in [-0.25, -0.2) is 9.37 Å². The second-order valence-corrected chi connectivity index (χ2v) is 6.60. The molecule has 2 aromatic rings. The zero-order valence-electron chi connectivity index (χ0n) is 12.2. The Kier molecular flexibility index (Phi) is 6.63. The molecular weight excluding hydrogens is 307 g/mol. The van der Waals surface area contributed by atoms with E-state index in [4.69, 9.17) is 4.74 Å². The maximum absolute atomic E-state index is 13.6. The van der Waals surface area contributed by atoms with Crippen LogP contribution in [0.2, 0.25) is 0 Å². The molecule has 0 atom stereocenters. The third-order valence-corrected chi connectivity index (χ3v) is 5.17.